The van der Waals surface area contributed by atoms with Crippen molar-refractivity contribution < 1.29 is 9.21 Å². The normalized spacial score (nSPS) is 19.2. The summed E-state index contributed by atoms with van der Waals surface area (Å²) in [5.41, 5.74) is 3.01. The quantitative estimate of drug-likeness (QED) is 0.606. The molecule has 5 rings (SSSR count). The van der Waals surface area contributed by atoms with Crippen molar-refractivity contribution in [3.05, 3.63) is 62.6 Å². The van der Waals surface area contributed by atoms with Crippen molar-refractivity contribution in [2.45, 2.75) is 19.1 Å². The van der Waals surface area contributed by atoms with Crippen molar-refractivity contribution in [2.24, 2.45) is 0 Å². The van der Waals surface area contributed by atoms with Gasteiger partial charge in [-0.25, -0.2) is 0 Å². The molecule has 0 unspecified atom stereocenters. The Balaban J connectivity index is 1.45. The number of carbonyl (C=O) groups is 1. The van der Waals surface area contributed by atoms with Gasteiger partial charge in [-0.1, -0.05) is 28.1 Å². The number of anilines is 1. The van der Waals surface area contributed by atoms with Crippen LogP contribution in [0.25, 0.3) is 11.3 Å². The van der Waals surface area contributed by atoms with Gasteiger partial charge in [0, 0.05) is 28.0 Å². The van der Waals surface area contributed by atoms with Gasteiger partial charge in [-0.3, -0.25) is 4.79 Å². The fourth-order valence-corrected chi connectivity index (χ4v) is 5.44. The smallest absolute Gasteiger partial charge is 0.256 e. The van der Waals surface area contributed by atoms with E-state index in [1.54, 1.807) is 11.3 Å². The SMILES string of the molecule is CN1CCc2c(sc3c2C(=O)N[C@H](c2ccc(-c4cccc(Br)c4)o2)N3)C1. The molecule has 5 nitrogen and oxygen atoms in total. The van der Waals surface area contributed by atoms with E-state index in [1.165, 1.54) is 10.4 Å². The molecule has 0 radical (unpaired) electrons. The minimum Gasteiger partial charge on any atom is -0.457 e. The highest BCUT2D eigenvalue weighted by atomic mass is 79.9. The number of fused-ring (bicyclic) bond motifs is 3. The first kappa shape index (κ1) is 17.0. The van der Waals surface area contributed by atoms with Gasteiger partial charge < -0.3 is 20.0 Å². The van der Waals surface area contributed by atoms with Crippen LogP contribution in [0.5, 0.6) is 0 Å². The predicted octanol–water partition coefficient (Wildman–Crippen LogP) is 4.61. The summed E-state index contributed by atoms with van der Waals surface area (Å²) in [6, 6.07) is 11.8. The Morgan fingerprint density at radius 3 is 3.00 bits per heavy atom. The largest absolute Gasteiger partial charge is 0.457 e. The molecule has 27 heavy (non-hydrogen) atoms. The molecule has 3 aromatic rings. The number of benzene rings is 1. The van der Waals surface area contributed by atoms with E-state index in [-0.39, 0.29) is 12.1 Å². The first-order valence-electron chi connectivity index (χ1n) is 8.84. The summed E-state index contributed by atoms with van der Waals surface area (Å²) in [6.45, 7) is 1.89. The van der Waals surface area contributed by atoms with Gasteiger partial charge in [0.15, 0.2) is 6.17 Å². The van der Waals surface area contributed by atoms with Crippen LogP contribution >= 0.6 is 27.3 Å². The van der Waals surface area contributed by atoms with Crippen LogP contribution in [0, 0.1) is 0 Å². The number of amides is 1. The van der Waals surface area contributed by atoms with E-state index in [4.69, 9.17) is 4.42 Å². The summed E-state index contributed by atoms with van der Waals surface area (Å²) < 4.78 is 7.05. The number of nitrogens with zero attached hydrogens (tertiary/aromatic N) is 1. The number of likely N-dealkylation sites (N-methyl/N-ethyl adjacent to an activating group) is 1. The van der Waals surface area contributed by atoms with E-state index < -0.39 is 0 Å². The highest BCUT2D eigenvalue weighted by Gasteiger charge is 2.33. The van der Waals surface area contributed by atoms with E-state index in [0.717, 1.165) is 45.9 Å². The van der Waals surface area contributed by atoms with Crippen LogP contribution in [0.1, 0.15) is 32.7 Å². The van der Waals surface area contributed by atoms with Crippen molar-refractivity contribution in [1.29, 1.82) is 0 Å². The molecule has 1 amide bonds. The zero-order valence-corrected chi connectivity index (χ0v) is 17.1. The molecule has 0 aliphatic carbocycles. The lowest BCUT2D eigenvalue weighted by atomic mass is 10.0. The first-order chi connectivity index (χ1) is 13.1. The van der Waals surface area contributed by atoms with E-state index in [9.17, 15) is 4.79 Å². The molecule has 1 aromatic carbocycles. The summed E-state index contributed by atoms with van der Waals surface area (Å²) in [5.74, 6) is 1.46. The van der Waals surface area contributed by atoms with Gasteiger partial charge >= 0.3 is 0 Å². The van der Waals surface area contributed by atoms with Gasteiger partial charge in [0.25, 0.3) is 5.91 Å². The molecular formula is C20H18BrN3O2S. The zero-order chi connectivity index (χ0) is 18.5. The average molecular weight is 444 g/mol. The molecule has 1 atom stereocenters. The maximum atomic E-state index is 12.8. The Kier molecular flexibility index (Phi) is 4.11. The minimum atomic E-state index is -0.358. The molecule has 2 aromatic heterocycles. The molecular weight excluding hydrogens is 426 g/mol. The van der Waals surface area contributed by atoms with Crippen LogP contribution < -0.4 is 10.6 Å². The van der Waals surface area contributed by atoms with Crippen LogP contribution in [0.15, 0.2) is 45.3 Å². The van der Waals surface area contributed by atoms with Gasteiger partial charge in [-0.2, -0.15) is 0 Å². The van der Waals surface area contributed by atoms with E-state index in [1.807, 2.05) is 36.4 Å². The molecule has 7 heteroatoms. The number of halogens is 1. The Morgan fingerprint density at radius 2 is 2.15 bits per heavy atom. The second-order valence-corrected chi connectivity index (χ2v) is 8.98. The third-order valence-electron chi connectivity index (χ3n) is 5.05. The summed E-state index contributed by atoms with van der Waals surface area (Å²) in [4.78, 5) is 16.4. The minimum absolute atomic E-state index is 0.0174. The monoisotopic (exact) mass is 443 g/mol. The number of nitrogens with one attached hydrogen (secondary N) is 2. The third-order valence-corrected chi connectivity index (χ3v) is 6.69. The lowest BCUT2D eigenvalue weighted by molar-refractivity contribution is 0.0930. The summed E-state index contributed by atoms with van der Waals surface area (Å²) in [7, 11) is 2.12. The van der Waals surface area contributed by atoms with E-state index in [0.29, 0.717) is 5.76 Å². The Bertz CT molecular complexity index is 1040. The lowest BCUT2D eigenvalue weighted by Crippen LogP contribution is -2.38. The summed E-state index contributed by atoms with van der Waals surface area (Å²) in [6.07, 6.45) is 0.564. The van der Waals surface area contributed by atoms with Gasteiger partial charge in [-0.05, 0) is 43.3 Å². The Labute approximate surface area is 169 Å². The second kappa shape index (κ2) is 6.51. The number of carbonyl (C=O) groups excluding carboxylic acids is 1. The van der Waals surface area contributed by atoms with Gasteiger partial charge in [0.2, 0.25) is 0 Å². The molecule has 0 bridgehead atoms. The van der Waals surface area contributed by atoms with Crippen LogP contribution in [-0.4, -0.2) is 24.4 Å². The Morgan fingerprint density at radius 1 is 1.26 bits per heavy atom. The van der Waals surface area contributed by atoms with Crippen molar-refractivity contribution in [1.82, 2.24) is 10.2 Å². The van der Waals surface area contributed by atoms with Crippen molar-refractivity contribution in [2.75, 3.05) is 18.9 Å². The number of rotatable bonds is 2. The van der Waals surface area contributed by atoms with Gasteiger partial charge in [0.05, 0.1) is 5.56 Å². The van der Waals surface area contributed by atoms with Crippen molar-refractivity contribution in [3.8, 4) is 11.3 Å². The lowest BCUT2D eigenvalue weighted by Gasteiger charge is -2.26. The number of furan rings is 1. The topological polar surface area (TPSA) is 57.5 Å². The molecule has 0 spiro atoms. The standard InChI is InChI=1S/C20H18BrN3O2S/c1-24-8-7-13-16(10-24)27-20-17(13)19(25)22-18(23-20)15-6-5-14(26-15)11-3-2-4-12(21)9-11/h2-6,9,18,23H,7-8,10H2,1H3,(H,22,25)/t18-/m0/s1. The van der Waals surface area contributed by atoms with Crippen LogP contribution in [0.4, 0.5) is 5.00 Å². The molecule has 0 saturated heterocycles. The molecule has 2 aliphatic heterocycles. The molecule has 138 valence electrons. The maximum Gasteiger partial charge on any atom is 0.256 e. The first-order valence-corrected chi connectivity index (χ1v) is 10.5. The molecule has 2 N–H and O–H groups in total. The number of hydrogen-bond donors (Lipinski definition) is 2. The maximum absolute atomic E-state index is 12.8. The van der Waals surface area contributed by atoms with Crippen LogP contribution in [0.2, 0.25) is 0 Å². The van der Waals surface area contributed by atoms with Crippen LogP contribution in [0.3, 0.4) is 0 Å². The summed E-state index contributed by atoms with van der Waals surface area (Å²) in [5, 5.41) is 7.46. The molecule has 4 heterocycles. The summed E-state index contributed by atoms with van der Waals surface area (Å²) >= 11 is 5.17. The molecule has 0 saturated carbocycles. The van der Waals surface area contributed by atoms with Crippen molar-refractivity contribution >= 4 is 38.2 Å². The van der Waals surface area contributed by atoms with Crippen molar-refractivity contribution in [3.63, 3.8) is 0 Å². The fraction of sp³-hybridized carbons (Fsp3) is 0.250. The fourth-order valence-electron chi connectivity index (χ4n) is 3.69. The average Bonchev–Trinajstić information content (AvgIpc) is 3.26. The predicted molar refractivity (Wildman–Crippen MR) is 110 cm³/mol. The van der Waals surface area contributed by atoms with Gasteiger partial charge in [0.1, 0.15) is 16.5 Å². The highest BCUT2D eigenvalue weighted by Crippen LogP contribution is 2.41. The molecule has 2 aliphatic rings. The number of thiophene rings is 1. The highest BCUT2D eigenvalue weighted by molar-refractivity contribution is 9.10. The zero-order valence-electron chi connectivity index (χ0n) is 14.7. The third kappa shape index (κ3) is 2.99. The second-order valence-electron chi connectivity index (χ2n) is 6.96. The van der Waals surface area contributed by atoms with E-state index in [2.05, 4.69) is 38.5 Å². The van der Waals surface area contributed by atoms with Gasteiger partial charge in [-0.15, -0.1) is 11.3 Å². The van der Waals surface area contributed by atoms with Crippen LogP contribution in [-0.2, 0) is 13.0 Å². The van der Waals surface area contributed by atoms with E-state index >= 15 is 0 Å². The molecule has 0 fully saturated rings. The Hall–Kier alpha value is -2.09. The number of hydrogen-bond acceptors (Lipinski definition) is 5.